The van der Waals surface area contributed by atoms with E-state index in [4.69, 9.17) is 0 Å². The van der Waals surface area contributed by atoms with Crippen LogP contribution in [0.1, 0.15) is 23.9 Å². The van der Waals surface area contributed by atoms with Crippen molar-refractivity contribution in [2.45, 2.75) is 25.4 Å². The molecule has 3 aromatic rings. The number of hydrogen-bond acceptors (Lipinski definition) is 4. The first-order chi connectivity index (χ1) is 12.5. The summed E-state index contributed by atoms with van der Waals surface area (Å²) in [6.07, 6.45) is 0.375. The Kier molecular flexibility index (Phi) is 3.96. The quantitative estimate of drug-likeness (QED) is 0.712. The van der Waals surface area contributed by atoms with Crippen molar-refractivity contribution in [1.29, 1.82) is 0 Å². The highest BCUT2D eigenvalue weighted by molar-refractivity contribution is 7.18. The molecule has 0 radical (unpaired) electrons. The molecule has 0 aliphatic carbocycles. The summed E-state index contributed by atoms with van der Waals surface area (Å²) >= 11 is 1.46. The topological polar surface area (TPSA) is 62.3 Å². The third kappa shape index (κ3) is 2.55. The van der Waals surface area contributed by atoms with Gasteiger partial charge in [-0.3, -0.25) is 9.69 Å². The van der Waals surface area contributed by atoms with Crippen molar-refractivity contribution >= 4 is 33.5 Å². The van der Waals surface area contributed by atoms with Crippen LogP contribution >= 0.6 is 11.3 Å². The number of carbonyl (C=O) groups excluding carboxylic acids is 2. The van der Waals surface area contributed by atoms with Crippen molar-refractivity contribution in [2.24, 2.45) is 0 Å². The molecule has 0 spiro atoms. The van der Waals surface area contributed by atoms with Gasteiger partial charge in [-0.05, 0) is 36.2 Å². The van der Waals surface area contributed by atoms with Gasteiger partial charge in [0.15, 0.2) is 0 Å². The second-order valence-electron chi connectivity index (χ2n) is 6.16. The lowest BCUT2D eigenvalue weighted by Gasteiger charge is -2.25. The van der Waals surface area contributed by atoms with Crippen LogP contribution in [0.4, 0.5) is 9.18 Å². The number of amides is 3. The molecule has 0 unspecified atom stereocenters. The Morgan fingerprint density at radius 3 is 2.58 bits per heavy atom. The summed E-state index contributed by atoms with van der Waals surface area (Å²) in [5.41, 5.74) is 0.257. The van der Waals surface area contributed by atoms with Crippen molar-refractivity contribution in [3.8, 4) is 0 Å². The minimum absolute atomic E-state index is 0.118. The van der Waals surface area contributed by atoms with E-state index in [0.717, 1.165) is 10.2 Å². The first-order valence-electron chi connectivity index (χ1n) is 8.28. The summed E-state index contributed by atoms with van der Waals surface area (Å²) in [5, 5.41) is 3.49. The van der Waals surface area contributed by atoms with Gasteiger partial charge in [0.25, 0.3) is 5.91 Å². The summed E-state index contributed by atoms with van der Waals surface area (Å²) in [7, 11) is 0. The SMILES string of the molecule is CC[C@@]1(c2ccc(F)cc2)NC(=O)N(Cc2nc3ccccc3s2)C1=O. The maximum absolute atomic E-state index is 13.3. The van der Waals surface area contributed by atoms with Gasteiger partial charge in [-0.2, -0.15) is 0 Å². The van der Waals surface area contributed by atoms with Crippen LogP contribution in [0, 0.1) is 5.82 Å². The second kappa shape index (κ2) is 6.17. The smallest absolute Gasteiger partial charge is 0.319 e. The van der Waals surface area contributed by atoms with Gasteiger partial charge in [0, 0.05) is 0 Å². The third-order valence-electron chi connectivity index (χ3n) is 4.67. The summed E-state index contributed by atoms with van der Waals surface area (Å²) in [6.45, 7) is 1.94. The maximum Gasteiger partial charge on any atom is 0.325 e. The summed E-state index contributed by atoms with van der Waals surface area (Å²) in [4.78, 5) is 31.3. The third-order valence-corrected chi connectivity index (χ3v) is 5.70. The summed E-state index contributed by atoms with van der Waals surface area (Å²) in [6, 6.07) is 12.9. The first kappa shape index (κ1) is 16.7. The number of rotatable bonds is 4. The predicted molar refractivity (Wildman–Crippen MR) is 97.1 cm³/mol. The van der Waals surface area contributed by atoms with E-state index in [0.29, 0.717) is 17.0 Å². The number of imide groups is 1. The summed E-state index contributed by atoms with van der Waals surface area (Å²) < 4.78 is 14.3. The Morgan fingerprint density at radius 2 is 1.88 bits per heavy atom. The molecule has 5 nitrogen and oxygen atoms in total. The van der Waals surface area contributed by atoms with Crippen LogP contribution in [0.2, 0.25) is 0 Å². The number of aromatic nitrogens is 1. The van der Waals surface area contributed by atoms with E-state index in [2.05, 4.69) is 10.3 Å². The number of urea groups is 1. The molecule has 0 bridgehead atoms. The zero-order valence-electron chi connectivity index (χ0n) is 14.0. The number of halogens is 1. The fourth-order valence-corrected chi connectivity index (χ4v) is 4.22. The molecule has 1 fully saturated rings. The fraction of sp³-hybridized carbons (Fsp3) is 0.211. The van der Waals surface area contributed by atoms with Crippen LogP contribution in [0.5, 0.6) is 0 Å². The maximum atomic E-state index is 13.3. The van der Waals surface area contributed by atoms with Gasteiger partial charge in [-0.1, -0.05) is 31.2 Å². The highest BCUT2D eigenvalue weighted by Crippen LogP contribution is 2.34. The highest BCUT2D eigenvalue weighted by Gasteiger charge is 2.51. The van der Waals surface area contributed by atoms with E-state index >= 15 is 0 Å². The van der Waals surface area contributed by atoms with Crippen molar-refractivity contribution in [3.05, 3.63) is 64.9 Å². The second-order valence-corrected chi connectivity index (χ2v) is 7.28. The molecule has 2 aromatic carbocycles. The zero-order chi connectivity index (χ0) is 18.3. The van der Waals surface area contributed by atoms with Crippen LogP contribution in [0.15, 0.2) is 48.5 Å². The molecule has 7 heteroatoms. The average Bonchev–Trinajstić information content (AvgIpc) is 3.16. The van der Waals surface area contributed by atoms with Crippen LogP contribution in [-0.2, 0) is 16.9 Å². The largest absolute Gasteiger partial charge is 0.325 e. The van der Waals surface area contributed by atoms with E-state index in [1.54, 1.807) is 0 Å². The van der Waals surface area contributed by atoms with Crippen molar-refractivity contribution in [3.63, 3.8) is 0 Å². The molecule has 1 N–H and O–H groups in total. The standard InChI is InChI=1S/C19H16FN3O2S/c1-2-19(12-7-9-13(20)10-8-12)17(24)23(18(25)22-19)11-16-21-14-5-3-4-6-15(14)26-16/h3-10H,2,11H2,1H3,(H,22,25)/t19-/m0/s1. The van der Waals surface area contributed by atoms with E-state index in [-0.39, 0.29) is 18.3 Å². The van der Waals surface area contributed by atoms with Gasteiger partial charge < -0.3 is 5.32 Å². The van der Waals surface area contributed by atoms with Gasteiger partial charge in [-0.25, -0.2) is 14.2 Å². The molecule has 1 aliphatic rings. The predicted octanol–water partition coefficient (Wildman–Crippen LogP) is 3.79. The lowest BCUT2D eigenvalue weighted by Crippen LogP contribution is -2.43. The Morgan fingerprint density at radius 1 is 1.15 bits per heavy atom. The monoisotopic (exact) mass is 369 g/mol. The van der Waals surface area contributed by atoms with Gasteiger partial charge in [-0.15, -0.1) is 11.3 Å². The molecule has 26 heavy (non-hydrogen) atoms. The Labute approximate surface area is 153 Å². The van der Waals surface area contributed by atoms with E-state index in [9.17, 15) is 14.0 Å². The van der Waals surface area contributed by atoms with Crippen molar-refractivity contribution < 1.29 is 14.0 Å². The lowest BCUT2D eigenvalue weighted by molar-refractivity contribution is -0.132. The number of hydrogen-bond donors (Lipinski definition) is 1. The minimum Gasteiger partial charge on any atom is -0.319 e. The number of benzene rings is 2. The number of thiazole rings is 1. The van der Waals surface area contributed by atoms with Gasteiger partial charge in [0.2, 0.25) is 0 Å². The number of fused-ring (bicyclic) bond motifs is 1. The first-order valence-corrected chi connectivity index (χ1v) is 9.10. The van der Waals surface area contributed by atoms with Crippen LogP contribution in [0.3, 0.4) is 0 Å². The number of nitrogens with one attached hydrogen (secondary N) is 1. The molecule has 3 amide bonds. The molecule has 1 aromatic heterocycles. The van der Waals surface area contributed by atoms with Crippen LogP contribution < -0.4 is 5.32 Å². The number of nitrogens with zero attached hydrogens (tertiary/aromatic N) is 2. The molecule has 1 aliphatic heterocycles. The van der Waals surface area contributed by atoms with E-state index in [1.165, 1.54) is 40.5 Å². The van der Waals surface area contributed by atoms with Crippen molar-refractivity contribution in [2.75, 3.05) is 0 Å². The molecule has 4 rings (SSSR count). The molecule has 1 atom stereocenters. The normalized spacial score (nSPS) is 20.0. The van der Waals surface area contributed by atoms with Gasteiger partial charge in [0.1, 0.15) is 16.4 Å². The molecule has 132 valence electrons. The minimum atomic E-state index is -1.17. The highest BCUT2D eigenvalue weighted by atomic mass is 32.1. The van der Waals surface area contributed by atoms with Crippen molar-refractivity contribution in [1.82, 2.24) is 15.2 Å². The average molecular weight is 369 g/mol. The van der Waals surface area contributed by atoms with Crippen LogP contribution in [0.25, 0.3) is 10.2 Å². The van der Waals surface area contributed by atoms with Gasteiger partial charge in [0.05, 0.1) is 16.8 Å². The van der Waals surface area contributed by atoms with E-state index < -0.39 is 11.6 Å². The van der Waals surface area contributed by atoms with Gasteiger partial charge >= 0.3 is 6.03 Å². The summed E-state index contributed by atoms with van der Waals surface area (Å²) in [5.74, 6) is -0.723. The molecule has 1 saturated heterocycles. The molecule has 2 heterocycles. The molecular formula is C19H16FN3O2S. The molecular weight excluding hydrogens is 353 g/mol. The Bertz CT molecular complexity index is 968. The van der Waals surface area contributed by atoms with E-state index in [1.807, 2.05) is 31.2 Å². The van der Waals surface area contributed by atoms with Crippen LogP contribution in [-0.4, -0.2) is 21.8 Å². The number of para-hydroxylation sites is 1. The Balaban J connectivity index is 1.66. The number of carbonyl (C=O) groups is 2. The zero-order valence-corrected chi connectivity index (χ0v) is 14.8. The molecule has 0 saturated carbocycles. The Hall–Kier alpha value is -2.80. The lowest BCUT2D eigenvalue weighted by atomic mass is 9.87. The fourth-order valence-electron chi connectivity index (χ4n) is 3.27.